The number of amides is 1. The van der Waals surface area contributed by atoms with Crippen molar-refractivity contribution in [1.82, 2.24) is 4.90 Å². The van der Waals surface area contributed by atoms with Gasteiger partial charge >= 0.3 is 0 Å². The smallest absolute Gasteiger partial charge is 0.254 e. The molecule has 0 N–H and O–H groups in total. The lowest BCUT2D eigenvalue weighted by molar-refractivity contribution is -0.183. The molecular formula is C15H18BrNO3. The van der Waals surface area contributed by atoms with Crippen LogP contribution in [-0.4, -0.2) is 42.9 Å². The lowest BCUT2D eigenvalue weighted by atomic mass is 10.0. The van der Waals surface area contributed by atoms with Crippen molar-refractivity contribution >= 4 is 21.8 Å². The predicted molar refractivity (Wildman–Crippen MR) is 78.7 cm³/mol. The zero-order valence-electron chi connectivity index (χ0n) is 11.5. The van der Waals surface area contributed by atoms with Gasteiger partial charge in [0.25, 0.3) is 5.91 Å². The monoisotopic (exact) mass is 339 g/mol. The normalized spacial score (nSPS) is 21.4. The van der Waals surface area contributed by atoms with Crippen molar-refractivity contribution in [1.29, 1.82) is 0 Å². The molecule has 2 saturated heterocycles. The molecule has 1 aromatic carbocycles. The Labute approximate surface area is 127 Å². The second-order valence-corrected chi connectivity index (χ2v) is 6.26. The summed E-state index contributed by atoms with van der Waals surface area (Å²) >= 11 is 3.46. The van der Waals surface area contributed by atoms with Gasteiger partial charge in [-0.2, -0.15) is 0 Å². The number of benzene rings is 1. The van der Waals surface area contributed by atoms with Gasteiger partial charge in [0, 0.05) is 23.0 Å². The maximum atomic E-state index is 12.6. The predicted octanol–water partition coefficient (Wildman–Crippen LogP) is 2.74. The topological polar surface area (TPSA) is 38.8 Å². The molecule has 0 bridgehead atoms. The van der Waals surface area contributed by atoms with E-state index in [1.54, 1.807) is 0 Å². The van der Waals surface area contributed by atoms with E-state index in [-0.39, 0.29) is 5.91 Å². The van der Waals surface area contributed by atoms with Gasteiger partial charge in [0.15, 0.2) is 5.79 Å². The number of aryl methyl sites for hydroxylation is 1. The van der Waals surface area contributed by atoms with Crippen LogP contribution in [0.3, 0.4) is 0 Å². The highest BCUT2D eigenvalue weighted by Crippen LogP contribution is 2.31. The van der Waals surface area contributed by atoms with Crippen LogP contribution >= 0.6 is 15.9 Å². The van der Waals surface area contributed by atoms with Gasteiger partial charge in [-0.1, -0.05) is 15.9 Å². The molecule has 0 aliphatic carbocycles. The minimum absolute atomic E-state index is 0.0544. The van der Waals surface area contributed by atoms with E-state index in [2.05, 4.69) is 15.9 Å². The first-order valence-electron chi connectivity index (χ1n) is 6.93. The Morgan fingerprint density at radius 1 is 1.35 bits per heavy atom. The Bertz CT molecular complexity index is 526. The lowest BCUT2D eigenvalue weighted by Gasteiger charge is -2.38. The largest absolute Gasteiger partial charge is 0.346 e. The molecular weight excluding hydrogens is 322 g/mol. The third-order valence-corrected chi connectivity index (χ3v) is 4.81. The van der Waals surface area contributed by atoms with E-state index in [0.717, 1.165) is 35.0 Å². The van der Waals surface area contributed by atoms with E-state index in [0.29, 0.717) is 19.8 Å². The van der Waals surface area contributed by atoms with Gasteiger partial charge in [-0.15, -0.1) is 0 Å². The molecule has 1 amide bonds. The molecule has 3 rings (SSSR count). The molecule has 0 atom stereocenters. The SMILES string of the molecule is Cc1cc(C(=O)N2CCCC3(C2)OCCO3)ccc1Br. The van der Waals surface area contributed by atoms with Crippen molar-refractivity contribution in [3.05, 3.63) is 33.8 Å². The lowest BCUT2D eigenvalue weighted by Crippen LogP contribution is -2.51. The van der Waals surface area contributed by atoms with Crippen molar-refractivity contribution in [2.24, 2.45) is 0 Å². The highest BCUT2D eigenvalue weighted by molar-refractivity contribution is 9.10. The van der Waals surface area contributed by atoms with Crippen LogP contribution in [0.25, 0.3) is 0 Å². The molecule has 4 nitrogen and oxygen atoms in total. The minimum Gasteiger partial charge on any atom is -0.346 e. The number of rotatable bonds is 1. The Balaban J connectivity index is 1.77. The molecule has 0 saturated carbocycles. The maximum absolute atomic E-state index is 12.6. The van der Waals surface area contributed by atoms with E-state index in [1.807, 2.05) is 30.0 Å². The van der Waals surface area contributed by atoms with Crippen LogP contribution in [0.2, 0.25) is 0 Å². The highest BCUT2D eigenvalue weighted by Gasteiger charge is 2.42. The molecule has 2 aliphatic rings. The van der Waals surface area contributed by atoms with Crippen molar-refractivity contribution in [3.8, 4) is 0 Å². The molecule has 2 heterocycles. The first-order chi connectivity index (χ1) is 9.60. The molecule has 20 heavy (non-hydrogen) atoms. The number of ether oxygens (including phenoxy) is 2. The van der Waals surface area contributed by atoms with E-state index in [4.69, 9.17) is 9.47 Å². The van der Waals surface area contributed by atoms with Crippen molar-refractivity contribution < 1.29 is 14.3 Å². The number of hydrogen-bond donors (Lipinski definition) is 0. The Kier molecular flexibility index (Phi) is 3.84. The maximum Gasteiger partial charge on any atom is 0.254 e. The number of carbonyl (C=O) groups is 1. The van der Waals surface area contributed by atoms with Gasteiger partial charge in [-0.05, 0) is 37.1 Å². The summed E-state index contributed by atoms with van der Waals surface area (Å²) in [7, 11) is 0. The summed E-state index contributed by atoms with van der Waals surface area (Å²) in [5, 5.41) is 0. The summed E-state index contributed by atoms with van der Waals surface area (Å²) in [6.07, 6.45) is 1.79. The van der Waals surface area contributed by atoms with Crippen LogP contribution in [0.4, 0.5) is 0 Å². The molecule has 1 spiro atoms. The molecule has 0 radical (unpaired) electrons. The van der Waals surface area contributed by atoms with E-state index in [1.165, 1.54) is 0 Å². The van der Waals surface area contributed by atoms with Crippen LogP contribution in [0, 0.1) is 6.92 Å². The molecule has 1 aromatic rings. The first kappa shape index (κ1) is 14.0. The third-order valence-electron chi connectivity index (χ3n) is 3.92. The van der Waals surface area contributed by atoms with Crippen LogP contribution in [-0.2, 0) is 9.47 Å². The number of hydrogen-bond acceptors (Lipinski definition) is 3. The van der Waals surface area contributed by atoms with Crippen LogP contribution in [0.5, 0.6) is 0 Å². The Morgan fingerprint density at radius 3 is 2.80 bits per heavy atom. The Morgan fingerprint density at radius 2 is 2.10 bits per heavy atom. The summed E-state index contributed by atoms with van der Waals surface area (Å²) < 4.78 is 12.5. The average molecular weight is 340 g/mol. The third kappa shape index (κ3) is 2.62. The number of halogens is 1. The number of likely N-dealkylation sites (tertiary alicyclic amines) is 1. The fraction of sp³-hybridized carbons (Fsp3) is 0.533. The van der Waals surface area contributed by atoms with Gasteiger partial charge in [0.1, 0.15) is 0 Å². The number of piperidine rings is 1. The summed E-state index contributed by atoms with van der Waals surface area (Å²) in [6.45, 7) is 4.53. The van der Waals surface area contributed by atoms with E-state index >= 15 is 0 Å². The van der Waals surface area contributed by atoms with Crippen molar-refractivity contribution in [3.63, 3.8) is 0 Å². The zero-order valence-corrected chi connectivity index (χ0v) is 13.1. The minimum atomic E-state index is -0.557. The van der Waals surface area contributed by atoms with Gasteiger partial charge in [0.2, 0.25) is 0 Å². The molecule has 2 aliphatic heterocycles. The summed E-state index contributed by atoms with van der Waals surface area (Å²) in [5.74, 6) is -0.503. The molecule has 0 unspecified atom stereocenters. The summed E-state index contributed by atoms with van der Waals surface area (Å²) in [4.78, 5) is 14.4. The second kappa shape index (κ2) is 5.47. The average Bonchev–Trinajstić information content (AvgIpc) is 2.89. The zero-order chi connectivity index (χ0) is 14.2. The fourth-order valence-corrected chi connectivity index (χ4v) is 3.10. The van der Waals surface area contributed by atoms with E-state index in [9.17, 15) is 4.79 Å². The van der Waals surface area contributed by atoms with Gasteiger partial charge in [-0.3, -0.25) is 4.79 Å². The van der Waals surface area contributed by atoms with Crippen LogP contribution in [0.1, 0.15) is 28.8 Å². The Hall–Kier alpha value is -0.910. The van der Waals surface area contributed by atoms with Crippen molar-refractivity contribution in [2.75, 3.05) is 26.3 Å². The summed E-state index contributed by atoms with van der Waals surface area (Å²) in [5.41, 5.74) is 1.79. The molecule has 5 heteroatoms. The number of nitrogens with zero attached hydrogens (tertiary/aromatic N) is 1. The van der Waals surface area contributed by atoms with Gasteiger partial charge in [0.05, 0.1) is 19.8 Å². The van der Waals surface area contributed by atoms with E-state index < -0.39 is 5.79 Å². The van der Waals surface area contributed by atoms with Gasteiger partial charge in [-0.25, -0.2) is 0 Å². The van der Waals surface area contributed by atoms with Gasteiger partial charge < -0.3 is 14.4 Å². The van der Waals surface area contributed by atoms with Crippen molar-refractivity contribution in [2.45, 2.75) is 25.6 Å². The quantitative estimate of drug-likeness (QED) is 0.789. The highest BCUT2D eigenvalue weighted by atomic mass is 79.9. The first-order valence-corrected chi connectivity index (χ1v) is 7.72. The second-order valence-electron chi connectivity index (χ2n) is 5.40. The van der Waals surface area contributed by atoms with Crippen LogP contribution < -0.4 is 0 Å². The summed E-state index contributed by atoms with van der Waals surface area (Å²) in [6, 6.07) is 5.70. The van der Waals surface area contributed by atoms with Crippen LogP contribution in [0.15, 0.2) is 22.7 Å². The molecule has 0 aromatic heterocycles. The fourth-order valence-electron chi connectivity index (χ4n) is 2.85. The standard InChI is InChI=1S/C15H18BrNO3/c1-11-9-12(3-4-13(11)16)14(18)17-6-2-5-15(10-17)19-7-8-20-15/h3-4,9H,2,5-8,10H2,1H3. The number of carbonyl (C=O) groups excluding carboxylic acids is 1. The molecule has 2 fully saturated rings. The molecule has 108 valence electrons.